The normalized spacial score (nSPS) is 11.1. The van der Waals surface area contributed by atoms with Gasteiger partial charge < -0.3 is 10.2 Å². The molecular weight excluding hydrogens is 222 g/mol. The van der Waals surface area contributed by atoms with Gasteiger partial charge in [0.25, 0.3) is 0 Å². The number of aromatic nitrogens is 1. The number of hydrogen-bond acceptors (Lipinski definition) is 3. The molecule has 1 aromatic heterocycles. The van der Waals surface area contributed by atoms with Crippen LogP contribution in [-0.4, -0.2) is 36.6 Å². The maximum absolute atomic E-state index is 4.55. The van der Waals surface area contributed by atoms with Crippen molar-refractivity contribution in [3.8, 4) is 0 Å². The third-order valence-corrected chi connectivity index (χ3v) is 3.19. The topological polar surface area (TPSA) is 28.2 Å². The predicted molar refractivity (Wildman–Crippen MR) is 78.1 cm³/mol. The Morgan fingerprint density at radius 3 is 2.83 bits per heavy atom. The summed E-state index contributed by atoms with van der Waals surface area (Å²) < 4.78 is 0. The summed E-state index contributed by atoms with van der Waals surface area (Å²) in [5, 5.41) is 4.71. The van der Waals surface area contributed by atoms with Crippen LogP contribution in [0.5, 0.6) is 0 Å². The van der Waals surface area contributed by atoms with Crippen LogP contribution in [0.25, 0.3) is 10.9 Å². The van der Waals surface area contributed by atoms with Crippen molar-refractivity contribution in [2.45, 2.75) is 13.8 Å². The highest BCUT2D eigenvalue weighted by atomic mass is 15.1. The van der Waals surface area contributed by atoms with Gasteiger partial charge in [-0.05, 0) is 32.6 Å². The van der Waals surface area contributed by atoms with E-state index in [-0.39, 0.29) is 0 Å². The molecule has 1 aromatic carbocycles. The summed E-state index contributed by atoms with van der Waals surface area (Å²) >= 11 is 0. The van der Waals surface area contributed by atoms with E-state index in [4.69, 9.17) is 0 Å². The summed E-state index contributed by atoms with van der Waals surface area (Å²) in [5.41, 5.74) is 3.30. The van der Waals surface area contributed by atoms with Crippen LogP contribution in [-0.2, 0) is 0 Å². The van der Waals surface area contributed by atoms with Crippen molar-refractivity contribution in [2.75, 3.05) is 32.0 Å². The van der Waals surface area contributed by atoms with Gasteiger partial charge in [0.05, 0.1) is 5.52 Å². The van der Waals surface area contributed by atoms with Gasteiger partial charge in [0.15, 0.2) is 0 Å². The van der Waals surface area contributed by atoms with Crippen LogP contribution in [0.2, 0.25) is 0 Å². The number of likely N-dealkylation sites (N-methyl/N-ethyl adjacent to an activating group) is 1. The number of para-hydroxylation sites is 1. The van der Waals surface area contributed by atoms with E-state index in [0.717, 1.165) is 30.8 Å². The smallest absolute Gasteiger partial charge is 0.0725 e. The third kappa shape index (κ3) is 2.99. The number of pyridine rings is 1. The summed E-state index contributed by atoms with van der Waals surface area (Å²) in [7, 11) is 2.14. The highest BCUT2D eigenvalue weighted by molar-refractivity contribution is 5.91. The molecule has 0 amide bonds. The first-order valence-corrected chi connectivity index (χ1v) is 6.49. The summed E-state index contributed by atoms with van der Waals surface area (Å²) in [6, 6.07) is 10.4. The van der Waals surface area contributed by atoms with Gasteiger partial charge in [0, 0.05) is 29.9 Å². The summed E-state index contributed by atoms with van der Waals surface area (Å²) in [5.74, 6) is 0. The second-order valence-corrected chi connectivity index (χ2v) is 4.65. The zero-order valence-electron chi connectivity index (χ0n) is 11.4. The Morgan fingerprint density at radius 1 is 1.28 bits per heavy atom. The highest BCUT2D eigenvalue weighted by Gasteiger charge is 2.03. The number of fused-ring (bicyclic) bond motifs is 1. The molecule has 0 aliphatic heterocycles. The Bertz CT molecular complexity index is 522. The molecule has 2 aromatic rings. The van der Waals surface area contributed by atoms with Crippen molar-refractivity contribution >= 4 is 16.6 Å². The number of rotatable bonds is 5. The molecule has 1 N–H and O–H groups in total. The molecule has 0 atom stereocenters. The van der Waals surface area contributed by atoms with E-state index in [1.165, 1.54) is 11.1 Å². The Kier molecular flexibility index (Phi) is 4.15. The van der Waals surface area contributed by atoms with Gasteiger partial charge in [-0.3, -0.25) is 4.98 Å². The fourth-order valence-electron chi connectivity index (χ4n) is 1.99. The first-order chi connectivity index (χ1) is 8.70. The van der Waals surface area contributed by atoms with E-state index in [0.29, 0.717) is 0 Å². The molecule has 2 rings (SSSR count). The summed E-state index contributed by atoms with van der Waals surface area (Å²) in [6.07, 6.45) is 0. The molecule has 0 saturated heterocycles. The Balaban J connectivity index is 2.17. The number of nitrogens with zero attached hydrogens (tertiary/aromatic N) is 2. The number of aryl methyl sites for hydroxylation is 1. The van der Waals surface area contributed by atoms with Crippen molar-refractivity contribution < 1.29 is 0 Å². The number of hydrogen-bond donors (Lipinski definition) is 1. The second kappa shape index (κ2) is 5.83. The van der Waals surface area contributed by atoms with Gasteiger partial charge in [-0.15, -0.1) is 0 Å². The predicted octanol–water partition coefficient (Wildman–Crippen LogP) is 2.91. The average Bonchev–Trinajstić information content (AvgIpc) is 2.38. The van der Waals surface area contributed by atoms with Crippen molar-refractivity contribution in [2.24, 2.45) is 0 Å². The molecule has 0 bridgehead atoms. The molecule has 0 radical (unpaired) electrons. The first kappa shape index (κ1) is 12.8. The molecule has 1 heterocycles. The van der Waals surface area contributed by atoms with Crippen LogP contribution in [0.3, 0.4) is 0 Å². The SMILES string of the molecule is CCN(C)CCNc1cc(C)nc2ccccc12. The molecule has 0 fully saturated rings. The van der Waals surface area contributed by atoms with Crippen LogP contribution in [0.4, 0.5) is 5.69 Å². The van der Waals surface area contributed by atoms with Crippen molar-refractivity contribution in [1.29, 1.82) is 0 Å². The minimum absolute atomic E-state index is 0.956. The van der Waals surface area contributed by atoms with Crippen LogP contribution < -0.4 is 5.32 Å². The Hall–Kier alpha value is -1.61. The molecular formula is C15H21N3. The van der Waals surface area contributed by atoms with Crippen LogP contribution in [0.1, 0.15) is 12.6 Å². The first-order valence-electron chi connectivity index (χ1n) is 6.49. The van der Waals surface area contributed by atoms with Crippen molar-refractivity contribution in [3.05, 3.63) is 36.0 Å². The minimum atomic E-state index is 0.956. The summed E-state index contributed by atoms with van der Waals surface area (Å²) in [4.78, 5) is 6.84. The quantitative estimate of drug-likeness (QED) is 0.875. The lowest BCUT2D eigenvalue weighted by Crippen LogP contribution is -2.24. The Morgan fingerprint density at radius 2 is 2.06 bits per heavy atom. The third-order valence-electron chi connectivity index (χ3n) is 3.19. The van der Waals surface area contributed by atoms with Gasteiger partial charge in [-0.1, -0.05) is 25.1 Å². The van der Waals surface area contributed by atoms with Gasteiger partial charge in [0.1, 0.15) is 0 Å². The van der Waals surface area contributed by atoms with Crippen LogP contribution >= 0.6 is 0 Å². The Labute approximate surface area is 109 Å². The number of nitrogens with one attached hydrogen (secondary N) is 1. The van der Waals surface area contributed by atoms with Gasteiger partial charge in [-0.2, -0.15) is 0 Å². The molecule has 0 spiro atoms. The average molecular weight is 243 g/mol. The molecule has 3 nitrogen and oxygen atoms in total. The lowest BCUT2D eigenvalue weighted by atomic mass is 10.1. The van der Waals surface area contributed by atoms with E-state index in [9.17, 15) is 0 Å². The van der Waals surface area contributed by atoms with Crippen molar-refractivity contribution in [1.82, 2.24) is 9.88 Å². The molecule has 96 valence electrons. The number of benzene rings is 1. The molecule has 0 aliphatic rings. The zero-order valence-corrected chi connectivity index (χ0v) is 11.4. The monoisotopic (exact) mass is 243 g/mol. The molecule has 0 saturated carbocycles. The lowest BCUT2D eigenvalue weighted by Gasteiger charge is -2.16. The molecule has 3 heteroatoms. The summed E-state index contributed by atoms with van der Waals surface area (Å²) in [6.45, 7) is 7.30. The van der Waals surface area contributed by atoms with E-state index in [1.807, 2.05) is 13.0 Å². The second-order valence-electron chi connectivity index (χ2n) is 4.65. The van der Waals surface area contributed by atoms with Gasteiger partial charge in [-0.25, -0.2) is 0 Å². The largest absolute Gasteiger partial charge is 0.383 e. The molecule has 18 heavy (non-hydrogen) atoms. The number of anilines is 1. The fourth-order valence-corrected chi connectivity index (χ4v) is 1.99. The van der Waals surface area contributed by atoms with Gasteiger partial charge >= 0.3 is 0 Å². The highest BCUT2D eigenvalue weighted by Crippen LogP contribution is 2.22. The fraction of sp³-hybridized carbons (Fsp3) is 0.400. The standard InChI is InChI=1S/C15H21N3/c1-4-18(3)10-9-16-15-11-12(2)17-14-8-6-5-7-13(14)15/h5-8,11H,4,9-10H2,1-3H3,(H,16,17). The van der Waals surface area contributed by atoms with E-state index >= 15 is 0 Å². The molecule has 0 aliphatic carbocycles. The van der Waals surface area contributed by atoms with E-state index < -0.39 is 0 Å². The van der Waals surface area contributed by atoms with Crippen LogP contribution in [0, 0.1) is 6.92 Å². The maximum atomic E-state index is 4.55. The maximum Gasteiger partial charge on any atom is 0.0725 e. The minimum Gasteiger partial charge on any atom is -0.383 e. The van der Waals surface area contributed by atoms with Gasteiger partial charge in [0.2, 0.25) is 0 Å². The lowest BCUT2D eigenvalue weighted by molar-refractivity contribution is 0.367. The van der Waals surface area contributed by atoms with Crippen molar-refractivity contribution in [3.63, 3.8) is 0 Å². The van der Waals surface area contributed by atoms with Crippen LogP contribution in [0.15, 0.2) is 30.3 Å². The molecule has 0 unspecified atom stereocenters. The zero-order chi connectivity index (χ0) is 13.0. The van der Waals surface area contributed by atoms with E-state index in [2.05, 4.69) is 53.4 Å². The van der Waals surface area contributed by atoms with E-state index in [1.54, 1.807) is 0 Å².